The number of benzene rings is 1. The zero-order chi connectivity index (χ0) is 13.0. The third-order valence-electron chi connectivity index (χ3n) is 3.00. The van der Waals surface area contributed by atoms with Crippen molar-refractivity contribution in [1.29, 1.82) is 5.26 Å². The molecule has 0 amide bonds. The largest absolute Gasteiger partial charge is 0.490 e. The van der Waals surface area contributed by atoms with Crippen LogP contribution in [-0.4, -0.2) is 18.7 Å². The average molecular weight is 245 g/mol. The van der Waals surface area contributed by atoms with Gasteiger partial charge in [0.2, 0.25) is 0 Å². The van der Waals surface area contributed by atoms with Gasteiger partial charge in [-0.15, -0.1) is 0 Å². The van der Waals surface area contributed by atoms with Crippen LogP contribution < -0.4 is 4.74 Å². The summed E-state index contributed by atoms with van der Waals surface area (Å²) >= 11 is 0. The van der Waals surface area contributed by atoms with E-state index < -0.39 is 0 Å². The van der Waals surface area contributed by atoms with Crippen LogP contribution in [0.3, 0.4) is 0 Å². The number of esters is 1. The van der Waals surface area contributed by atoms with E-state index in [1.54, 1.807) is 31.2 Å². The summed E-state index contributed by atoms with van der Waals surface area (Å²) in [4.78, 5) is 11.4. The highest BCUT2D eigenvalue weighted by atomic mass is 16.5. The van der Waals surface area contributed by atoms with Crippen LogP contribution in [0.5, 0.6) is 5.75 Å². The van der Waals surface area contributed by atoms with Gasteiger partial charge < -0.3 is 9.47 Å². The first-order chi connectivity index (χ1) is 8.72. The van der Waals surface area contributed by atoms with Crippen LogP contribution in [0.2, 0.25) is 0 Å². The molecule has 0 atom stereocenters. The summed E-state index contributed by atoms with van der Waals surface area (Å²) in [6.45, 7) is 2.23. The summed E-state index contributed by atoms with van der Waals surface area (Å²) in [6, 6.07) is 9.04. The monoisotopic (exact) mass is 245 g/mol. The molecule has 0 unspecified atom stereocenters. The van der Waals surface area contributed by atoms with Gasteiger partial charge >= 0.3 is 5.97 Å². The van der Waals surface area contributed by atoms with Gasteiger partial charge in [0.15, 0.2) is 0 Å². The number of rotatable bonds is 4. The van der Waals surface area contributed by atoms with E-state index in [0.717, 1.165) is 5.75 Å². The van der Waals surface area contributed by atoms with E-state index in [1.807, 2.05) is 0 Å². The second kappa shape index (κ2) is 5.54. The topological polar surface area (TPSA) is 59.3 Å². The second-order valence-electron chi connectivity index (χ2n) is 4.30. The molecule has 0 aromatic heterocycles. The number of nitriles is 1. The second-order valence-corrected chi connectivity index (χ2v) is 4.30. The molecule has 0 bridgehead atoms. The van der Waals surface area contributed by atoms with E-state index in [1.165, 1.54) is 0 Å². The van der Waals surface area contributed by atoms with E-state index in [2.05, 4.69) is 6.07 Å². The maximum absolute atomic E-state index is 11.4. The average Bonchev–Trinajstić information content (AvgIpc) is 2.34. The third-order valence-corrected chi connectivity index (χ3v) is 3.00. The van der Waals surface area contributed by atoms with Crippen molar-refractivity contribution in [2.24, 2.45) is 5.92 Å². The molecule has 0 aliphatic heterocycles. The Morgan fingerprint density at radius 1 is 1.39 bits per heavy atom. The third kappa shape index (κ3) is 2.80. The molecular weight excluding hydrogens is 230 g/mol. The first-order valence-electron chi connectivity index (χ1n) is 6.06. The van der Waals surface area contributed by atoms with Crippen LogP contribution in [0.25, 0.3) is 0 Å². The molecule has 1 fully saturated rings. The van der Waals surface area contributed by atoms with Crippen molar-refractivity contribution >= 4 is 5.97 Å². The quantitative estimate of drug-likeness (QED) is 0.763. The van der Waals surface area contributed by atoms with Gasteiger partial charge in [0.1, 0.15) is 11.9 Å². The molecular formula is C14H15NO3. The van der Waals surface area contributed by atoms with E-state index >= 15 is 0 Å². The number of hydrogen-bond donors (Lipinski definition) is 0. The first-order valence-corrected chi connectivity index (χ1v) is 6.06. The fourth-order valence-corrected chi connectivity index (χ4v) is 1.91. The lowest BCUT2D eigenvalue weighted by Crippen LogP contribution is -2.39. The molecule has 1 saturated carbocycles. The Balaban J connectivity index is 1.79. The van der Waals surface area contributed by atoms with Crippen molar-refractivity contribution in [2.75, 3.05) is 6.61 Å². The summed E-state index contributed by atoms with van der Waals surface area (Å²) in [5.74, 6) is 0.590. The van der Waals surface area contributed by atoms with Crippen molar-refractivity contribution in [3.63, 3.8) is 0 Å². The lowest BCUT2D eigenvalue weighted by molar-refractivity contribution is -0.154. The van der Waals surface area contributed by atoms with Crippen LogP contribution in [-0.2, 0) is 9.53 Å². The zero-order valence-electron chi connectivity index (χ0n) is 10.3. The molecule has 1 aliphatic rings. The molecule has 18 heavy (non-hydrogen) atoms. The van der Waals surface area contributed by atoms with Gasteiger partial charge in [0, 0.05) is 0 Å². The van der Waals surface area contributed by atoms with Crippen LogP contribution in [0.1, 0.15) is 25.3 Å². The van der Waals surface area contributed by atoms with Crippen LogP contribution >= 0.6 is 0 Å². The minimum atomic E-state index is -0.128. The molecule has 1 aliphatic carbocycles. The van der Waals surface area contributed by atoms with Crippen LogP contribution in [0, 0.1) is 17.2 Å². The summed E-state index contributed by atoms with van der Waals surface area (Å²) in [7, 11) is 0. The highest BCUT2D eigenvalue weighted by Gasteiger charge is 2.37. The SMILES string of the molecule is CCOC(=O)C1CC(Oc2ccc(C#N)cc2)C1. The van der Waals surface area contributed by atoms with Crippen molar-refractivity contribution in [1.82, 2.24) is 0 Å². The van der Waals surface area contributed by atoms with Gasteiger partial charge in [-0.2, -0.15) is 5.26 Å². The molecule has 0 saturated heterocycles. The molecule has 0 heterocycles. The summed E-state index contributed by atoms with van der Waals surface area (Å²) in [5.41, 5.74) is 0.611. The maximum atomic E-state index is 11.4. The van der Waals surface area contributed by atoms with Crippen LogP contribution in [0.4, 0.5) is 0 Å². The molecule has 0 N–H and O–H groups in total. The lowest BCUT2D eigenvalue weighted by atomic mass is 9.82. The predicted molar refractivity (Wildman–Crippen MR) is 64.9 cm³/mol. The summed E-state index contributed by atoms with van der Waals surface area (Å²) in [5, 5.41) is 8.67. The van der Waals surface area contributed by atoms with Crippen LogP contribution in [0.15, 0.2) is 24.3 Å². The van der Waals surface area contributed by atoms with Gasteiger partial charge in [-0.05, 0) is 44.0 Å². The molecule has 1 aromatic rings. The Labute approximate surface area is 106 Å². The van der Waals surface area contributed by atoms with Gasteiger partial charge in [0.05, 0.1) is 24.2 Å². The number of carbonyl (C=O) groups is 1. The molecule has 2 rings (SSSR count). The van der Waals surface area contributed by atoms with Gasteiger partial charge in [-0.25, -0.2) is 0 Å². The summed E-state index contributed by atoms with van der Waals surface area (Å²) in [6.07, 6.45) is 1.49. The van der Waals surface area contributed by atoms with Crippen molar-refractivity contribution < 1.29 is 14.3 Å². The molecule has 4 nitrogen and oxygen atoms in total. The Kier molecular flexibility index (Phi) is 3.83. The predicted octanol–water partition coefficient (Wildman–Crippen LogP) is 2.28. The molecule has 0 radical (unpaired) electrons. The molecule has 4 heteroatoms. The van der Waals surface area contributed by atoms with Crippen molar-refractivity contribution in [2.45, 2.75) is 25.9 Å². The van der Waals surface area contributed by atoms with Crippen molar-refractivity contribution in [3.8, 4) is 11.8 Å². The highest BCUT2D eigenvalue weighted by Crippen LogP contribution is 2.32. The Hall–Kier alpha value is -2.02. The lowest BCUT2D eigenvalue weighted by Gasteiger charge is -2.33. The number of carbonyl (C=O) groups excluding carboxylic acids is 1. The van der Waals surface area contributed by atoms with E-state index in [9.17, 15) is 4.79 Å². The smallest absolute Gasteiger partial charge is 0.309 e. The Morgan fingerprint density at radius 3 is 2.61 bits per heavy atom. The Bertz CT molecular complexity index is 455. The minimum Gasteiger partial charge on any atom is -0.490 e. The Morgan fingerprint density at radius 2 is 2.06 bits per heavy atom. The summed E-state index contributed by atoms with van der Waals surface area (Å²) < 4.78 is 10.6. The van der Waals surface area contributed by atoms with E-state index in [0.29, 0.717) is 25.0 Å². The normalized spacial score (nSPS) is 21.6. The molecule has 1 aromatic carbocycles. The molecule has 94 valence electrons. The molecule has 0 spiro atoms. The number of hydrogen-bond acceptors (Lipinski definition) is 4. The van der Waals surface area contributed by atoms with Gasteiger partial charge in [0.25, 0.3) is 0 Å². The standard InChI is InChI=1S/C14H15NO3/c1-2-17-14(16)11-7-13(8-11)18-12-5-3-10(9-15)4-6-12/h3-6,11,13H,2,7-8H2,1H3. The van der Waals surface area contributed by atoms with Gasteiger partial charge in [-0.1, -0.05) is 0 Å². The highest BCUT2D eigenvalue weighted by molar-refractivity contribution is 5.73. The fourth-order valence-electron chi connectivity index (χ4n) is 1.91. The number of ether oxygens (including phenoxy) is 2. The van der Waals surface area contributed by atoms with Gasteiger partial charge in [-0.3, -0.25) is 4.79 Å². The van der Waals surface area contributed by atoms with E-state index in [-0.39, 0.29) is 18.0 Å². The zero-order valence-corrected chi connectivity index (χ0v) is 10.3. The fraction of sp³-hybridized carbons (Fsp3) is 0.429. The number of nitrogens with zero attached hydrogens (tertiary/aromatic N) is 1. The maximum Gasteiger partial charge on any atom is 0.309 e. The van der Waals surface area contributed by atoms with Crippen molar-refractivity contribution in [3.05, 3.63) is 29.8 Å². The minimum absolute atomic E-state index is 0.0201. The van der Waals surface area contributed by atoms with E-state index in [4.69, 9.17) is 14.7 Å². The first kappa shape index (κ1) is 12.4.